The lowest BCUT2D eigenvalue weighted by molar-refractivity contribution is 0.425. The van der Waals surface area contributed by atoms with Crippen molar-refractivity contribution in [1.29, 1.82) is 0 Å². The zero-order valence-electron chi connectivity index (χ0n) is 14.4. The SMILES string of the molecule is CCn1c(SCc2noc(-c3ccsc3)n2)nnc1-c1ccccc1C. The van der Waals surface area contributed by atoms with Crippen LogP contribution in [-0.2, 0) is 12.3 Å². The maximum Gasteiger partial charge on any atom is 0.258 e. The van der Waals surface area contributed by atoms with Gasteiger partial charge in [0, 0.05) is 17.5 Å². The van der Waals surface area contributed by atoms with Crippen LogP contribution in [0.15, 0.2) is 50.8 Å². The Labute approximate surface area is 159 Å². The third-order valence-corrected chi connectivity index (χ3v) is 5.63. The molecule has 0 aliphatic carbocycles. The van der Waals surface area contributed by atoms with Gasteiger partial charge in [-0.25, -0.2) is 0 Å². The lowest BCUT2D eigenvalue weighted by Crippen LogP contribution is -2.01. The normalized spacial score (nSPS) is 11.2. The van der Waals surface area contributed by atoms with Crippen LogP contribution < -0.4 is 0 Å². The molecule has 4 rings (SSSR count). The average Bonchev–Trinajstić information content (AvgIpc) is 3.39. The molecular formula is C18H17N5OS2. The molecule has 6 nitrogen and oxygen atoms in total. The number of thiophene rings is 1. The van der Waals surface area contributed by atoms with Crippen molar-refractivity contribution in [3.8, 4) is 22.8 Å². The number of nitrogens with zero attached hydrogens (tertiary/aromatic N) is 5. The van der Waals surface area contributed by atoms with E-state index in [0.717, 1.165) is 28.7 Å². The van der Waals surface area contributed by atoms with Gasteiger partial charge in [0.25, 0.3) is 5.89 Å². The summed E-state index contributed by atoms with van der Waals surface area (Å²) in [4.78, 5) is 4.45. The maximum absolute atomic E-state index is 5.33. The Morgan fingerprint density at radius 2 is 2.08 bits per heavy atom. The average molecular weight is 384 g/mol. The molecule has 4 aromatic rings. The first-order valence-electron chi connectivity index (χ1n) is 8.23. The first kappa shape index (κ1) is 17.0. The van der Waals surface area contributed by atoms with E-state index in [4.69, 9.17) is 4.52 Å². The van der Waals surface area contributed by atoms with E-state index in [1.54, 1.807) is 23.1 Å². The van der Waals surface area contributed by atoms with Crippen LogP contribution in [0.2, 0.25) is 0 Å². The minimum absolute atomic E-state index is 0.555. The molecule has 0 radical (unpaired) electrons. The molecule has 0 fully saturated rings. The van der Waals surface area contributed by atoms with Crippen molar-refractivity contribution in [1.82, 2.24) is 24.9 Å². The van der Waals surface area contributed by atoms with Crippen molar-refractivity contribution in [2.45, 2.75) is 31.3 Å². The molecule has 132 valence electrons. The summed E-state index contributed by atoms with van der Waals surface area (Å²) in [5.74, 6) is 2.68. The Morgan fingerprint density at radius 1 is 1.19 bits per heavy atom. The van der Waals surface area contributed by atoms with Crippen LogP contribution in [0.1, 0.15) is 18.3 Å². The van der Waals surface area contributed by atoms with Gasteiger partial charge in [0.15, 0.2) is 16.8 Å². The molecule has 0 aliphatic heterocycles. The first-order chi connectivity index (χ1) is 12.8. The predicted molar refractivity (Wildman–Crippen MR) is 103 cm³/mol. The van der Waals surface area contributed by atoms with E-state index in [9.17, 15) is 0 Å². The van der Waals surface area contributed by atoms with Gasteiger partial charge in [0.1, 0.15) is 0 Å². The van der Waals surface area contributed by atoms with Gasteiger partial charge in [0.2, 0.25) is 0 Å². The van der Waals surface area contributed by atoms with Crippen LogP contribution in [0.25, 0.3) is 22.8 Å². The number of benzene rings is 1. The van der Waals surface area contributed by atoms with E-state index in [0.29, 0.717) is 17.5 Å². The van der Waals surface area contributed by atoms with Crippen molar-refractivity contribution in [2.24, 2.45) is 0 Å². The fourth-order valence-corrected chi connectivity index (χ4v) is 4.12. The summed E-state index contributed by atoms with van der Waals surface area (Å²) in [7, 11) is 0. The fourth-order valence-electron chi connectivity index (χ4n) is 2.65. The monoisotopic (exact) mass is 383 g/mol. The molecule has 0 N–H and O–H groups in total. The van der Waals surface area contributed by atoms with Gasteiger partial charge in [-0.1, -0.05) is 41.2 Å². The number of hydrogen-bond donors (Lipinski definition) is 0. The second-order valence-corrected chi connectivity index (χ2v) is 7.40. The number of thioether (sulfide) groups is 1. The summed E-state index contributed by atoms with van der Waals surface area (Å²) in [5.41, 5.74) is 3.25. The summed E-state index contributed by atoms with van der Waals surface area (Å²) < 4.78 is 7.45. The van der Waals surface area contributed by atoms with Crippen LogP contribution in [-0.4, -0.2) is 24.9 Å². The van der Waals surface area contributed by atoms with Crippen molar-refractivity contribution in [3.05, 3.63) is 52.5 Å². The zero-order chi connectivity index (χ0) is 17.9. The molecule has 3 aromatic heterocycles. The van der Waals surface area contributed by atoms with Crippen molar-refractivity contribution >= 4 is 23.1 Å². The molecule has 0 aliphatic rings. The van der Waals surface area contributed by atoms with E-state index in [2.05, 4.69) is 50.9 Å². The van der Waals surface area contributed by atoms with Crippen molar-refractivity contribution < 1.29 is 4.52 Å². The van der Waals surface area contributed by atoms with Crippen LogP contribution >= 0.6 is 23.1 Å². The van der Waals surface area contributed by atoms with E-state index in [1.807, 2.05) is 29.0 Å². The van der Waals surface area contributed by atoms with Crippen LogP contribution in [0, 0.1) is 6.92 Å². The van der Waals surface area contributed by atoms with Gasteiger partial charge >= 0.3 is 0 Å². The zero-order valence-corrected chi connectivity index (χ0v) is 16.0. The molecule has 0 spiro atoms. The summed E-state index contributed by atoms with van der Waals surface area (Å²) >= 11 is 3.17. The summed E-state index contributed by atoms with van der Waals surface area (Å²) in [6, 6.07) is 10.2. The summed E-state index contributed by atoms with van der Waals surface area (Å²) in [6.07, 6.45) is 0. The Morgan fingerprint density at radius 3 is 2.85 bits per heavy atom. The predicted octanol–water partition coefficient (Wildman–Crippen LogP) is 4.68. The van der Waals surface area contributed by atoms with Crippen LogP contribution in [0.4, 0.5) is 0 Å². The molecular weight excluding hydrogens is 366 g/mol. The smallest absolute Gasteiger partial charge is 0.258 e. The van der Waals surface area contributed by atoms with E-state index < -0.39 is 0 Å². The Hall–Kier alpha value is -2.45. The third kappa shape index (κ3) is 3.30. The van der Waals surface area contributed by atoms with Gasteiger partial charge in [-0.15, -0.1) is 10.2 Å². The number of aryl methyl sites for hydroxylation is 1. The van der Waals surface area contributed by atoms with E-state index in [-0.39, 0.29) is 0 Å². The van der Waals surface area contributed by atoms with Gasteiger partial charge in [-0.05, 0) is 30.9 Å². The minimum atomic E-state index is 0.555. The topological polar surface area (TPSA) is 69.6 Å². The lowest BCUT2D eigenvalue weighted by atomic mass is 10.1. The number of hydrogen-bond acceptors (Lipinski definition) is 7. The van der Waals surface area contributed by atoms with Crippen molar-refractivity contribution in [3.63, 3.8) is 0 Å². The van der Waals surface area contributed by atoms with Gasteiger partial charge in [-0.2, -0.15) is 16.3 Å². The standard InChI is InChI=1S/C18H17N5OS2/c1-3-23-16(14-7-5-4-6-12(14)2)20-21-18(23)26-11-15-19-17(24-22-15)13-8-9-25-10-13/h4-10H,3,11H2,1-2H3. The Bertz CT molecular complexity index is 1010. The molecule has 26 heavy (non-hydrogen) atoms. The quantitative estimate of drug-likeness (QED) is 0.450. The highest BCUT2D eigenvalue weighted by Crippen LogP contribution is 2.28. The minimum Gasteiger partial charge on any atom is -0.334 e. The van der Waals surface area contributed by atoms with Gasteiger partial charge in [0.05, 0.1) is 11.3 Å². The number of aromatic nitrogens is 5. The molecule has 0 amide bonds. The first-order valence-corrected chi connectivity index (χ1v) is 10.2. The maximum atomic E-state index is 5.33. The molecule has 1 aromatic carbocycles. The fraction of sp³-hybridized carbons (Fsp3) is 0.222. The molecule has 0 unspecified atom stereocenters. The highest BCUT2D eigenvalue weighted by atomic mass is 32.2. The van der Waals surface area contributed by atoms with Gasteiger partial charge in [-0.3, -0.25) is 0 Å². The third-order valence-electron chi connectivity index (χ3n) is 3.99. The van der Waals surface area contributed by atoms with E-state index >= 15 is 0 Å². The molecule has 0 atom stereocenters. The Kier molecular flexibility index (Phi) is 4.85. The van der Waals surface area contributed by atoms with Crippen LogP contribution in [0.5, 0.6) is 0 Å². The molecule has 0 bridgehead atoms. The highest BCUT2D eigenvalue weighted by molar-refractivity contribution is 7.98. The van der Waals surface area contributed by atoms with Crippen molar-refractivity contribution in [2.75, 3.05) is 0 Å². The molecule has 0 saturated carbocycles. The molecule has 3 heterocycles. The molecule has 0 saturated heterocycles. The highest BCUT2D eigenvalue weighted by Gasteiger charge is 2.16. The Balaban J connectivity index is 1.53. The second-order valence-electron chi connectivity index (χ2n) is 5.68. The van der Waals surface area contributed by atoms with E-state index in [1.165, 1.54) is 5.56 Å². The van der Waals surface area contributed by atoms with Gasteiger partial charge < -0.3 is 9.09 Å². The summed E-state index contributed by atoms with van der Waals surface area (Å²) in [5, 5.41) is 17.7. The van der Waals surface area contributed by atoms with Crippen LogP contribution in [0.3, 0.4) is 0 Å². The number of rotatable bonds is 6. The second kappa shape index (κ2) is 7.43. The lowest BCUT2D eigenvalue weighted by Gasteiger charge is -2.08. The summed E-state index contributed by atoms with van der Waals surface area (Å²) in [6.45, 7) is 4.98. The largest absolute Gasteiger partial charge is 0.334 e. The molecule has 8 heteroatoms.